The lowest BCUT2D eigenvalue weighted by Crippen LogP contribution is -2.54. The number of carbonyl (C=O) groups is 6. The summed E-state index contributed by atoms with van der Waals surface area (Å²) in [5.41, 5.74) is 0.770. The largest absolute Gasteiger partial charge is 0.496 e. The van der Waals surface area contributed by atoms with E-state index in [1.807, 2.05) is 60.7 Å². The number of carbonyl (C=O) groups excluding carboxylic acids is 6. The van der Waals surface area contributed by atoms with E-state index in [1.54, 1.807) is 49.9 Å². The Labute approximate surface area is 398 Å². The summed E-state index contributed by atoms with van der Waals surface area (Å²) in [6, 6.07) is 18.8. The van der Waals surface area contributed by atoms with Crippen molar-refractivity contribution in [1.82, 2.24) is 41.7 Å². The molecule has 4 aromatic carbocycles. The average molecular weight is 927 g/mol. The first-order valence-corrected chi connectivity index (χ1v) is 23.1. The number of fused-ring (bicyclic) bond motifs is 2. The molecule has 0 bridgehead atoms. The highest BCUT2D eigenvalue weighted by Gasteiger charge is 2.36. The van der Waals surface area contributed by atoms with Gasteiger partial charge in [0.25, 0.3) is 11.8 Å². The van der Waals surface area contributed by atoms with Crippen LogP contribution in [0.1, 0.15) is 73.1 Å². The number of rotatable bonds is 18. The maximum atomic E-state index is 14.2. The Morgan fingerprint density at radius 2 is 0.971 bits per heavy atom. The second-order valence-corrected chi connectivity index (χ2v) is 17.0. The van der Waals surface area contributed by atoms with Gasteiger partial charge in [-0.05, 0) is 111 Å². The molecule has 2 aliphatic heterocycles. The van der Waals surface area contributed by atoms with Gasteiger partial charge < -0.3 is 51.2 Å². The van der Waals surface area contributed by atoms with Crippen molar-refractivity contribution in [3.8, 4) is 35.2 Å². The van der Waals surface area contributed by atoms with Crippen LogP contribution in [0, 0.1) is 23.7 Å². The van der Waals surface area contributed by atoms with Crippen LogP contribution in [0.2, 0.25) is 0 Å². The molecule has 6 atom stereocenters. The van der Waals surface area contributed by atoms with Crippen LogP contribution in [-0.2, 0) is 19.2 Å². The van der Waals surface area contributed by atoms with Gasteiger partial charge in [0.1, 0.15) is 23.6 Å². The highest BCUT2D eigenvalue weighted by atomic mass is 16.5. The van der Waals surface area contributed by atoms with Gasteiger partial charge >= 0.3 is 0 Å². The van der Waals surface area contributed by atoms with E-state index in [0.29, 0.717) is 61.4 Å². The Morgan fingerprint density at radius 3 is 1.32 bits per heavy atom. The van der Waals surface area contributed by atoms with Gasteiger partial charge in [0.15, 0.2) is 0 Å². The molecule has 0 saturated carbocycles. The minimum absolute atomic E-state index is 0.0510. The monoisotopic (exact) mass is 926 g/mol. The van der Waals surface area contributed by atoms with Gasteiger partial charge in [0.2, 0.25) is 23.6 Å². The number of ether oxygens (including phenoxy) is 2. The number of nitrogens with one attached hydrogen (secondary N) is 6. The number of hydrogen-bond acceptors (Lipinski definition) is 10. The van der Waals surface area contributed by atoms with Crippen molar-refractivity contribution >= 4 is 57.0 Å². The lowest BCUT2D eigenvalue weighted by Gasteiger charge is -2.29. The zero-order chi connectivity index (χ0) is 48.7. The standard InChI is InChI=1S/C52H62N8O8/c1-33(53-3)47(61)57-43(51(65)59-25-15-21-39(59)31-55-49(63)41-27-35-17-11-13-19-37(35)29-45(41)67-5)23-9-7-8-10-24-44(58-48(62)34(2)54-4)52(66)60-26-16-22-40(60)32-56-50(64)42-28-36-18-12-14-20-38(36)30-46(42)68-6/h11-14,17-20,27-30,33-34,39-40,43-44,53-54H,15-16,21-26,31-32H2,1-6H3,(H,55,63)(H,56,64)(H,57,61)(H,58,62)/t33-,34-,39-,40-,43-,44-/m0/s1. The van der Waals surface area contributed by atoms with Crippen LogP contribution in [-0.4, -0.2) is 136 Å². The summed E-state index contributed by atoms with van der Waals surface area (Å²) >= 11 is 0. The molecule has 4 aromatic rings. The van der Waals surface area contributed by atoms with Gasteiger partial charge in [-0.15, -0.1) is 0 Å². The summed E-state index contributed by atoms with van der Waals surface area (Å²) in [4.78, 5) is 84.8. The molecule has 0 spiro atoms. The smallest absolute Gasteiger partial charge is 0.255 e. The minimum Gasteiger partial charge on any atom is -0.496 e. The molecule has 0 radical (unpaired) electrons. The second-order valence-electron chi connectivity index (χ2n) is 17.0. The molecular weight excluding hydrogens is 865 g/mol. The third-order valence-electron chi connectivity index (χ3n) is 12.7. The zero-order valence-corrected chi connectivity index (χ0v) is 39.6. The van der Waals surface area contributed by atoms with Crippen LogP contribution in [0.25, 0.3) is 21.5 Å². The summed E-state index contributed by atoms with van der Waals surface area (Å²) in [6.45, 7) is 4.64. The Morgan fingerprint density at radius 1 is 0.603 bits per heavy atom. The molecule has 2 aliphatic rings. The number of methoxy groups -OCH3 is 2. The average Bonchev–Trinajstić information content (AvgIpc) is 4.05. The van der Waals surface area contributed by atoms with E-state index >= 15 is 0 Å². The molecule has 68 heavy (non-hydrogen) atoms. The summed E-state index contributed by atoms with van der Waals surface area (Å²) in [5.74, 6) is 10.2. The van der Waals surface area contributed by atoms with E-state index < -0.39 is 24.2 Å². The molecule has 0 unspecified atom stereocenters. The van der Waals surface area contributed by atoms with E-state index in [0.717, 1.165) is 21.5 Å². The first kappa shape index (κ1) is 50.3. The van der Waals surface area contributed by atoms with E-state index in [9.17, 15) is 28.8 Å². The highest BCUT2D eigenvalue weighted by molar-refractivity contribution is 6.03. The van der Waals surface area contributed by atoms with Crippen LogP contribution in [0.3, 0.4) is 0 Å². The topological polar surface area (TPSA) is 200 Å². The molecule has 16 heteroatoms. The van der Waals surface area contributed by atoms with Crippen molar-refractivity contribution in [1.29, 1.82) is 0 Å². The van der Waals surface area contributed by atoms with Crippen LogP contribution in [0.5, 0.6) is 11.5 Å². The van der Waals surface area contributed by atoms with E-state index in [-0.39, 0.29) is 73.5 Å². The molecule has 0 aliphatic carbocycles. The van der Waals surface area contributed by atoms with Crippen LogP contribution < -0.4 is 41.4 Å². The van der Waals surface area contributed by atoms with Crippen molar-refractivity contribution in [2.45, 2.75) is 88.6 Å². The van der Waals surface area contributed by atoms with Crippen LogP contribution in [0.4, 0.5) is 0 Å². The fourth-order valence-electron chi connectivity index (χ4n) is 8.47. The normalized spacial score (nSPS) is 17.1. The highest BCUT2D eigenvalue weighted by Crippen LogP contribution is 2.28. The molecule has 2 saturated heterocycles. The first-order valence-electron chi connectivity index (χ1n) is 23.1. The van der Waals surface area contributed by atoms with Crippen LogP contribution >= 0.6 is 0 Å². The molecule has 2 heterocycles. The molecule has 0 aromatic heterocycles. The Bertz CT molecular complexity index is 2450. The number of hydrogen-bond donors (Lipinski definition) is 6. The number of benzene rings is 4. The van der Waals surface area contributed by atoms with Crippen molar-refractivity contribution in [3.63, 3.8) is 0 Å². The summed E-state index contributed by atoms with van der Waals surface area (Å²) < 4.78 is 11.1. The maximum Gasteiger partial charge on any atom is 0.255 e. The number of nitrogens with zero attached hydrogens (tertiary/aromatic N) is 2. The minimum atomic E-state index is -1.00. The Hall–Kier alpha value is -7.14. The summed E-state index contributed by atoms with van der Waals surface area (Å²) in [6.07, 6.45) is 2.64. The number of amides is 6. The second kappa shape index (κ2) is 24.1. The molecule has 2 fully saturated rings. The van der Waals surface area contributed by atoms with E-state index in [4.69, 9.17) is 9.47 Å². The number of likely N-dealkylation sites (tertiary alicyclic amines) is 2. The Kier molecular flexibility index (Phi) is 17.8. The predicted octanol–water partition coefficient (Wildman–Crippen LogP) is 3.12. The third-order valence-corrected chi connectivity index (χ3v) is 12.7. The molecule has 358 valence electrons. The predicted molar refractivity (Wildman–Crippen MR) is 261 cm³/mol. The van der Waals surface area contributed by atoms with Crippen molar-refractivity contribution in [2.75, 3.05) is 54.5 Å². The molecule has 16 nitrogen and oxygen atoms in total. The van der Waals surface area contributed by atoms with Gasteiger partial charge in [-0.1, -0.05) is 60.4 Å². The third kappa shape index (κ3) is 12.4. The van der Waals surface area contributed by atoms with Crippen molar-refractivity contribution in [2.24, 2.45) is 0 Å². The van der Waals surface area contributed by atoms with E-state index in [1.165, 1.54) is 14.2 Å². The lowest BCUT2D eigenvalue weighted by atomic mass is 10.0. The molecule has 6 amide bonds. The summed E-state index contributed by atoms with van der Waals surface area (Å²) in [5, 5.41) is 21.1. The van der Waals surface area contributed by atoms with Crippen molar-refractivity contribution < 1.29 is 38.2 Å². The fourth-order valence-corrected chi connectivity index (χ4v) is 8.47. The van der Waals surface area contributed by atoms with Crippen molar-refractivity contribution in [3.05, 3.63) is 83.9 Å². The van der Waals surface area contributed by atoms with Gasteiger partial charge in [-0.2, -0.15) is 0 Å². The molecular formula is C52H62N8O8. The van der Waals surface area contributed by atoms with Gasteiger partial charge in [0, 0.05) is 51.1 Å². The van der Waals surface area contributed by atoms with Gasteiger partial charge in [-0.25, -0.2) is 0 Å². The van der Waals surface area contributed by atoms with Gasteiger partial charge in [-0.3, -0.25) is 28.8 Å². The SMILES string of the molecule is CN[C@@H](C)C(=O)N[C@@H](CC#CC#CC[C@H](NC(=O)[C@H](C)NC)C(=O)N1CCC[C@H]1CNC(=O)c1cc2ccccc2cc1OC)C(=O)N1CCC[C@H]1CNC(=O)c1cc2ccccc2cc1OC. The molecule has 6 rings (SSSR count). The zero-order valence-electron chi connectivity index (χ0n) is 39.6. The first-order chi connectivity index (χ1) is 32.9. The van der Waals surface area contributed by atoms with Crippen LogP contribution in [0.15, 0.2) is 72.8 Å². The lowest BCUT2D eigenvalue weighted by molar-refractivity contribution is -0.137. The summed E-state index contributed by atoms with van der Waals surface area (Å²) in [7, 11) is 6.32. The number of likely N-dealkylation sites (N-methyl/N-ethyl adjacent to an activating group) is 2. The van der Waals surface area contributed by atoms with Gasteiger partial charge in [0.05, 0.1) is 37.4 Å². The fraction of sp³-hybridized carbons (Fsp3) is 0.423. The molecule has 6 N–H and O–H groups in total. The quantitative estimate of drug-likeness (QED) is 0.0807. The Balaban J connectivity index is 1.11. The van der Waals surface area contributed by atoms with E-state index in [2.05, 4.69) is 55.6 Å². The maximum absolute atomic E-state index is 14.2.